The molecule has 2 aromatic rings. The molecule has 0 radical (unpaired) electrons. The first kappa shape index (κ1) is 13.1. The highest BCUT2D eigenvalue weighted by Gasteiger charge is 2.47. The van der Waals surface area contributed by atoms with Crippen LogP contribution in [-0.4, -0.2) is 11.9 Å². The van der Waals surface area contributed by atoms with Crippen molar-refractivity contribution >= 4 is 23.2 Å². The Balaban J connectivity index is 2.02. The molecule has 3 nitrogen and oxygen atoms in total. The molecule has 0 unspecified atom stereocenters. The average Bonchev–Trinajstić information content (AvgIpc) is 2.45. The van der Waals surface area contributed by atoms with E-state index in [2.05, 4.69) is 0 Å². The van der Waals surface area contributed by atoms with Crippen molar-refractivity contribution in [2.45, 2.75) is 12.1 Å². The van der Waals surface area contributed by atoms with Gasteiger partial charge in [0, 0.05) is 10.7 Å². The maximum absolute atomic E-state index is 13.3. The fraction of sp³-hybridized carbons (Fsp3) is 0.133. The highest BCUT2D eigenvalue weighted by atomic mass is 35.5. The summed E-state index contributed by atoms with van der Waals surface area (Å²) in [6.07, 6.45) is 0. The van der Waals surface area contributed by atoms with E-state index in [1.807, 2.05) is 18.2 Å². The zero-order valence-corrected chi connectivity index (χ0v) is 11.2. The van der Waals surface area contributed by atoms with E-state index < -0.39 is 11.9 Å². The minimum Gasteiger partial charge on any atom is -0.318 e. The summed E-state index contributed by atoms with van der Waals surface area (Å²) in [6.45, 7) is 0. The molecule has 0 bridgehead atoms. The molecule has 0 aromatic heterocycles. The Kier molecular flexibility index (Phi) is 3.20. The van der Waals surface area contributed by atoms with Crippen molar-refractivity contribution < 1.29 is 9.18 Å². The van der Waals surface area contributed by atoms with Crippen molar-refractivity contribution in [3.63, 3.8) is 0 Å². The molecular formula is C15H12ClFN2O. The van der Waals surface area contributed by atoms with Crippen LogP contribution in [0.1, 0.15) is 11.6 Å². The molecule has 1 heterocycles. The summed E-state index contributed by atoms with van der Waals surface area (Å²) in [4.78, 5) is 13.5. The lowest BCUT2D eigenvalue weighted by atomic mass is 9.88. The number of β-lactam (4-membered cyclic amide) rings is 1. The Morgan fingerprint density at radius 2 is 1.90 bits per heavy atom. The molecule has 1 saturated heterocycles. The number of benzene rings is 2. The van der Waals surface area contributed by atoms with Gasteiger partial charge in [-0.1, -0.05) is 35.9 Å². The van der Waals surface area contributed by atoms with Crippen molar-refractivity contribution in [1.82, 2.24) is 0 Å². The summed E-state index contributed by atoms with van der Waals surface area (Å²) in [5, 5.41) is 0.543. The van der Waals surface area contributed by atoms with E-state index in [-0.39, 0.29) is 11.9 Å². The van der Waals surface area contributed by atoms with Gasteiger partial charge in [-0.15, -0.1) is 0 Å². The zero-order valence-electron chi connectivity index (χ0n) is 10.5. The van der Waals surface area contributed by atoms with Crippen LogP contribution in [0.25, 0.3) is 0 Å². The number of halogens is 2. The van der Waals surface area contributed by atoms with Gasteiger partial charge < -0.3 is 10.6 Å². The Morgan fingerprint density at radius 3 is 2.60 bits per heavy atom. The normalized spacial score (nSPS) is 21.8. The molecule has 2 atom stereocenters. The molecule has 20 heavy (non-hydrogen) atoms. The van der Waals surface area contributed by atoms with E-state index in [9.17, 15) is 9.18 Å². The number of carbonyl (C=O) groups is 1. The van der Waals surface area contributed by atoms with Crippen LogP contribution >= 0.6 is 11.6 Å². The summed E-state index contributed by atoms with van der Waals surface area (Å²) in [7, 11) is 0. The molecule has 0 saturated carbocycles. The van der Waals surface area contributed by atoms with E-state index >= 15 is 0 Å². The van der Waals surface area contributed by atoms with Crippen LogP contribution in [-0.2, 0) is 4.79 Å². The summed E-state index contributed by atoms with van der Waals surface area (Å²) < 4.78 is 13.3. The second kappa shape index (κ2) is 4.89. The van der Waals surface area contributed by atoms with E-state index in [0.717, 1.165) is 5.56 Å². The third kappa shape index (κ3) is 1.97. The molecule has 2 N–H and O–H groups in total. The van der Waals surface area contributed by atoms with Crippen molar-refractivity contribution in [1.29, 1.82) is 0 Å². The maximum atomic E-state index is 13.3. The fourth-order valence-corrected chi connectivity index (χ4v) is 2.72. The lowest BCUT2D eigenvalue weighted by molar-refractivity contribution is -0.126. The Bertz CT molecular complexity index is 676. The fourth-order valence-electron chi connectivity index (χ4n) is 2.47. The van der Waals surface area contributed by atoms with Crippen LogP contribution in [0.3, 0.4) is 0 Å². The van der Waals surface area contributed by atoms with Gasteiger partial charge in [0.05, 0.1) is 6.04 Å². The Labute approximate surface area is 120 Å². The monoisotopic (exact) mass is 290 g/mol. The van der Waals surface area contributed by atoms with Crippen molar-refractivity contribution in [2.75, 3.05) is 4.90 Å². The molecule has 1 aliphatic rings. The number of anilines is 1. The smallest absolute Gasteiger partial charge is 0.247 e. The molecule has 0 spiro atoms. The maximum Gasteiger partial charge on any atom is 0.247 e. The standard InChI is InChI=1S/C15H12ClFN2O/c16-12-7-2-1-6-11(12)14-13(18)15(20)19(14)10-5-3-4-9(17)8-10/h1-8,13-14H,18H2/t13-,14+/m1/s1. The summed E-state index contributed by atoms with van der Waals surface area (Å²) in [5.41, 5.74) is 7.15. The van der Waals surface area contributed by atoms with Crippen molar-refractivity contribution in [2.24, 2.45) is 5.73 Å². The lowest BCUT2D eigenvalue weighted by Gasteiger charge is -2.45. The van der Waals surface area contributed by atoms with Gasteiger partial charge >= 0.3 is 0 Å². The van der Waals surface area contributed by atoms with Crippen LogP contribution in [0.4, 0.5) is 10.1 Å². The van der Waals surface area contributed by atoms with Gasteiger partial charge in [-0.05, 0) is 29.8 Å². The minimum atomic E-state index is -0.654. The van der Waals surface area contributed by atoms with Gasteiger partial charge in [0.2, 0.25) is 5.91 Å². The van der Waals surface area contributed by atoms with E-state index in [1.165, 1.54) is 17.0 Å². The number of nitrogens with zero attached hydrogens (tertiary/aromatic N) is 1. The molecule has 2 aromatic carbocycles. The topological polar surface area (TPSA) is 46.3 Å². The number of nitrogens with two attached hydrogens (primary N) is 1. The molecule has 5 heteroatoms. The number of hydrogen-bond donors (Lipinski definition) is 1. The zero-order chi connectivity index (χ0) is 14.3. The van der Waals surface area contributed by atoms with Gasteiger partial charge in [-0.3, -0.25) is 4.79 Å². The summed E-state index contributed by atoms with van der Waals surface area (Å²) in [5.74, 6) is -0.630. The highest BCUT2D eigenvalue weighted by Crippen LogP contribution is 2.40. The van der Waals surface area contributed by atoms with Crippen LogP contribution < -0.4 is 10.6 Å². The first-order chi connectivity index (χ1) is 9.59. The number of amides is 1. The molecule has 1 amide bonds. The lowest BCUT2D eigenvalue weighted by Crippen LogP contribution is -2.63. The van der Waals surface area contributed by atoms with E-state index in [4.69, 9.17) is 17.3 Å². The second-order valence-electron chi connectivity index (χ2n) is 4.68. The van der Waals surface area contributed by atoms with Crippen LogP contribution in [0, 0.1) is 5.82 Å². The van der Waals surface area contributed by atoms with Gasteiger partial charge in [-0.25, -0.2) is 4.39 Å². The van der Waals surface area contributed by atoms with Gasteiger partial charge in [0.15, 0.2) is 0 Å². The second-order valence-corrected chi connectivity index (χ2v) is 5.09. The number of carbonyl (C=O) groups excluding carboxylic acids is 1. The van der Waals surface area contributed by atoms with Gasteiger partial charge in [-0.2, -0.15) is 0 Å². The van der Waals surface area contributed by atoms with Crippen molar-refractivity contribution in [3.05, 3.63) is 64.9 Å². The van der Waals surface area contributed by atoms with E-state index in [0.29, 0.717) is 10.7 Å². The molecule has 1 fully saturated rings. The minimum absolute atomic E-state index is 0.236. The highest BCUT2D eigenvalue weighted by molar-refractivity contribution is 6.31. The summed E-state index contributed by atoms with van der Waals surface area (Å²) >= 11 is 6.16. The van der Waals surface area contributed by atoms with Gasteiger partial charge in [0.1, 0.15) is 11.9 Å². The van der Waals surface area contributed by atoms with Crippen LogP contribution in [0.5, 0.6) is 0 Å². The Morgan fingerprint density at radius 1 is 1.15 bits per heavy atom. The van der Waals surface area contributed by atoms with Crippen molar-refractivity contribution in [3.8, 4) is 0 Å². The van der Waals surface area contributed by atoms with Gasteiger partial charge in [0.25, 0.3) is 0 Å². The van der Waals surface area contributed by atoms with Crippen LogP contribution in [0.15, 0.2) is 48.5 Å². The molecular weight excluding hydrogens is 279 g/mol. The third-order valence-electron chi connectivity index (χ3n) is 3.45. The number of hydrogen-bond acceptors (Lipinski definition) is 2. The predicted octanol–water partition coefficient (Wildman–Crippen LogP) is 2.89. The average molecular weight is 291 g/mol. The molecule has 102 valence electrons. The SMILES string of the molecule is N[C@H]1C(=O)N(c2cccc(F)c2)[C@H]1c1ccccc1Cl. The largest absolute Gasteiger partial charge is 0.318 e. The van der Waals surface area contributed by atoms with Crippen LogP contribution in [0.2, 0.25) is 5.02 Å². The predicted molar refractivity (Wildman–Crippen MR) is 76.1 cm³/mol. The first-order valence-electron chi connectivity index (χ1n) is 6.18. The first-order valence-corrected chi connectivity index (χ1v) is 6.56. The van der Waals surface area contributed by atoms with E-state index in [1.54, 1.807) is 18.2 Å². The Hall–Kier alpha value is -1.91. The molecule has 1 aliphatic heterocycles. The third-order valence-corrected chi connectivity index (χ3v) is 3.80. The molecule has 0 aliphatic carbocycles. The number of rotatable bonds is 2. The molecule has 3 rings (SSSR count). The summed E-state index contributed by atoms with van der Waals surface area (Å²) in [6, 6.07) is 12.1. The quantitative estimate of drug-likeness (QED) is 0.865.